The zero-order valence-electron chi connectivity index (χ0n) is 52.9. The van der Waals surface area contributed by atoms with Crippen molar-refractivity contribution in [2.24, 2.45) is 20.0 Å². The van der Waals surface area contributed by atoms with E-state index in [1.54, 1.807) is 16.3 Å². The highest BCUT2D eigenvalue weighted by Gasteiger charge is 2.18. The first kappa shape index (κ1) is 72.6. The van der Waals surface area contributed by atoms with Crippen LogP contribution in [0.25, 0.3) is 45.6 Å². The molecular formula is C78H93N15O. The van der Waals surface area contributed by atoms with Gasteiger partial charge >= 0.3 is 0 Å². The van der Waals surface area contributed by atoms with Crippen molar-refractivity contribution < 1.29 is 4.42 Å². The molecule has 0 unspecified atom stereocenters. The third-order valence-electron chi connectivity index (χ3n) is 14.8. The van der Waals surface area contributed by atoms with Crippen LogP contribution in [0.15, 0.2) is 212 Å². The van der Waals surface area contributed by atoms with Gasteiger partial charge in [0.15, 0.2) is 17.1 Å². The largest absolute Gasteiger partial charge is 0.441 e. The lowest BCUT2D eigenvalue weighted by Gasteiger charge is -2.10. The number of oxazole rings is 1. The Bertz CT molecular complexity index is 4280. The lowest BCUT2D eigenvalue weighted by molar-refractivity contribution is 0.561. The van der Waals surface area contributed by atoms with E-state index in [1.807, 2.05) is 180 Å². The fourth-order valence-electron chi connectivity index (χ4n) is 10.8. The van der Waals surface area contributed by atoms with Crippen LogP contribution in [0.3, 0.4) is 0 Å². The average molecular weight is 1260 g/mol. The Balaban J connectivity index is 0.000000167. The van der Waals surface area contributed by atoms with E-state index in [2.05, 4.69) is 134 Å². The molecule has 0 saturated carbocycles. The first-order valence-electron chi connectivity index (χ1n) is 30.6. The molecule has 4 aromatic carbocycles. The lowest BCUT2D eigenvalue weighted by atomic mass is 9.96. The van der Waals surface area contributed by atoms with Crippen molar-refractivity contribution in [2.75, 3.05) is 0 Å². The van der Waals surface area contributed by atoms with E-state index in [0.717, 1.165) is 122 Å². The van der Waals surface area contributed by atoms with Crippen molar-refractivity contribution in [1.82, 2.24) is 53.9 Å². The fourth-order valence-corrected chi connectivity index (χ4v) is 10.8. The third kappa shape index (κ3) is 20.5. The molecule has 0 saturated heterocycles. The maximum Gasteiger partial charge on any atom is 0.192 e. The van der Waals surface area contributed by atoms with Crippen LogP contribution >= 0.6 is 0 Å². The predicted octanol–water partition coefficient (Wildman–Crippen LogP) is 18.1. The van der Waals surface area contributed by atoms with Gasteiger partial charge in [-0.15, -0.1) is 0 Å². The highest BCUT2D eigenvalue weighted by atomic mass is 16.3. The molecule has 94 heavy (non-hydrogen) atoms. The molecule has 0 fully saturated rings. The van der Waals surface area contributed by atoms with Gasteiger partial charge in [0.2, 0.25) is 0 Å². The number of aromatic nitrogens is 11. The number of aliphatic imine (C=N–C) groups is 4. The van der Waals surface area contributed by atoms with Gasteiger partial charge in [-0.05, 0) is 177 Å². The van der Waals surface area contributed by atoms with Crippen molar-refractivity contribution in [3.63, 3.8) is 0 Å². The maximum atomic E-state index is 5.26. The van der Waals surface area contributed by atoms with Crippen molar-refractivity contribution in [1.29, 1.82) is 0 Å². The molecule has 1 N–H and O–H groups in total. The molecule has 0 radical (unpaired) electrons. The summed E-state index contributed by atoms with van der Waals surface area (Å²) in [5.74, 6) is 2.54. The molecule has 16 nitrogen and oxygen atoms in total. The van der Waals surface area contributed by atoms with E-state index in [4.69, 9.17) is 4.42 Å². The number of nitrogens with one attached hydrogen (secondary N) is 1. The Hall–Kier alpha value is -10.5. The molecule has 6 aliphatic rings. The first-order valence-corrected chi connectivity index (χ1v) is 30.6. The van der Waals surface area contributed by atoms with Crippen LogP contribution in [0, 0.1) is 34.6 Å². The molecular weight excluding hydrogens is 1160 g/mol. The standard InChI is InChI=1S/C9H8N2.C9H13N.2C9H9N.2C8H8N2.C8H7NO.C7H7N3.C7H8N2.4CH4/c1-7-6-10-8-4-2-3-5-9(8)11-7;3*1-7-6-8-4-2-3-5-9(8)10-7;1-6-5-8-7(10-6)3-2-4-9-8;1-7-6-10-5-3-2-4-8(10)9-7;1-6-9-7-4-2-3-5-8(7)10-6;1-6-8-7-4-2-3-5-10(7)9-6;1-5-8-6-3-2-4-7(6)9-5;;;;/h2-6H,1H3;2-6H2,1H3;2*2-5H,6H2,1H3;2-4H,5H2,1H3;2-6H,1H3;2*2-5H,1H3;3-4H,2H2,1H3,(H,8,9);4*1H4. The summed E-state index contributed by atoms with van der Waals surface area (Å²) in [6.45, 7) is 17.9. The Labute approximate surface area is 555 Å². The summed E-state index contributed by atoms with van der Waals surface area (Å²) in [6.07, 6.45) is 24.3. The number of imidazole rings is 2. The van der Waals surface area contributed by atoms with Crippen molar-refractivity contribution in [3.8, 4) is 0 Å². The van der Waals surface area contributed by atoms with Gasteiger partial charge in [-0.2, -0.15) is 5.10 Å². The van der Waals surface area contributed by atoms with Crippen LogP contribution in [0.4, 0.5) is 17.1 Å². The van der Waals surface area contributed by atoms with Crippen LogP contribution in [0.1, 0.15) is 142 Å². The van der Waals surface area contributed by atoms with E-state index in [-0.39, 0.29) is 29.7 Å². The topological polar surface area (TPSA) is 190 Å². The Kier molecular flexibility index (Phi) is 27.3. The third-order valence-corrected chi connectivity index (χ3v) is 14.8. The Morgan fingerprint density at radius 3 is 1.72 bits per heavy atom. The second-order valence-electron chi connectivity index (χ2n) is 22.6. The van der Waals surface area contributed by atoms with E-state index >= 15 is 0 Å². The summed E-state index contributed by atoms with van der Waals surface area (Å²) in [4.78, 5) is 50.3. The molecule has 12 heterocycles. The second kappa shape index (κ2) is 35.4. The number of H-pyrrole nitrogens is 1. The summed E-state index contributed by atoms with van der Waals surface area (Å²) in [7, 11) is 0. The minimum Gasteiger partial charge on any atom is -0.441 e. The van der Waals surface area contributed by atoms with E-state index < -0.39 is 0 Å². The summed E-state index contributed by atoms with van der Waals surface area (Å²) in [6, 6.07) is 47.9. The van der Waals surface area contributed by atoms with Gasteiger partial charge in [0.25, 0.3) is 0 Å². The van der Waals surface area contributed by atoms with E-state index in [0.29, 0.717) is 0 Å². The number of fused-ring (bicyclic) bond motifs is 8. The number of nitrogens with zero attached hydrogens (tertiary/aromatic N) is 14. The van der Waals surface area contributed by atoms with Gasteiger partial charge in [-0.3, -0.25) is 29.9 Å². The van der Waals surface area contributed by atoms with Crippen LogP contribution < -0.4 is 10.7 Å². The van der Waals surface area contributed by atoms with Gasteiger partial charge < -0.3 is 13.8 Å². The predicted molar refractivity (Wildman–Crippen MR) is 393 cm³/mol. The van der Waals surface area contributed by atoms with Crippen molar-refractivity contribution in [2.45, 2.75) is 150 Å². The van der Waals surface area contributed by atoms with Crippen molar-refractivity contribution in [3.05, 3.63) is 244 Å². The monoisotopic (exact) mass is 1260 g/mol. The highest BCUT2D eigenvalue weighted by molar-refractivity contribution is 5.93. The molecule has 0 spiro atoms. The van der Waals surface area contributed by atoms with Crippen LogP contribution in [-0.4, -0.2) is 76.7 Å². The quantitative estimate of drug-likeness (QED) is 0.154. The van der Waals surface area contributed by atoms with Crippen LogP contribution in [0.2, 0.25) is 0 Å². The molecule has 4 aliphatic heterocycles. The Morgan fingerprint density at radius 1 is 0.468 bits per heavy atom. The molecule has 0 bridgehead atoms. The smallest absolute Gasteiger partial charge is 0.192 e. The number of aromatic amines is 1. The molecule has 2 aliphatic carbocycles. The van der Waals surface area contributed by atoms with Gasteiger partial charge in [0, 0.05) is 92.1 Å². The molecule has 12 aromatic rings. The number of pyridine rings is 3. The zero-order chi connectivity index (χ0) is 62.8. The van der Waals surface area contributed by atoms with Gasteiger partial charge in [0.1, 0.15) is 22.8 Å². The van der Waals surface area contributed by atoms with Crippen LogP contribution in [-0.2, 0) is 19.3 Å². The maximum absolute atomic E-state index is 5.26. The zero-order valence-corrected chi connectivity index (χ0v) is 52.9. The summed E-state index contributed by atoms with van der Waals surface area (Å²) >= 11 is 0. The SMILES string of the molecule is C.C.C.C.CC1=NC2=C(CCCC2)C1.CC1=Nc2ccccc2C1.CC1=Nc2ccccc2C1.CC1=Nc2cccnc2C1.Cc1cn2ccccc2n1.Cc1cnc2ccccc2n1.Cc1nc2c([nH]1)=CCC=2.Cc1nc2ccccc2o1.Cc1nc2ccccn2n1. The van der Waals surface area contributed by atoms with E-state index in [1.165, 1.54) is 71.4 Å². The fraction of sp³-hybridized carbons (Fsp3) is 0.282. The molecule has 0 atom stereocenters. The Morgan fingerprint density at radius 2 is 1.06 bits per heavy atom. The number of rotatable bonds is 0. The number of hydrogen-bond donors (Lipinski definition) is 1. The normalized spacial score (nSPS) is 13.2. The van der Waals surface area contributed by atoms with Crippen molar-refractivity contribution >= 4 is 85.5 Å². The van der Waals surface area contributed by atoms with Gasteiger partial charge in [-0.1, -0.05) is 115 Å². The minimum absolute atomic E-state index is 0. The number of aryl methyl sites for hydroxylation is 5. The lowest BCUT2D eigenvalue weighted by Crippen LogP contribution is -2.19. The summed E-state index contributed by atoms with van der Waals surface area (Å²) in [5.41, 5.74) is 22.8. The number of para-hydroxylation sites is 6. The van der Waals surface area contributed by atoms with Gasteiger partial charge in [0.05, 0.1) is 55.9 Å². The number of allylic oxidation sites excluding steroid dienone is 2. The van der Waals surface area contributed by atoms with Gasteiger partial charge in [-0.25, -0.2) is 29.4 Å². The number of benzene rings is 4. The average Bonchev–Trinajstić information content (AvgIpc) is 1.43. The summed E-state index contributed by atoms with van der Waals surface area (Å²) in [5, 5.41) is 6.42. The highest BCUT2D eigenvalue weighted by Crippen LogP contribution is 2.32. The summed E-state index contributed by atoms with van der Waals surface area (Å²) < 4.78 is 9.03. The second-order valence-corrected chi connectivity index (χ2v) is 22.6. The van der Waals surface area contributed by atoms with E-state index in [9.17, 15) is 0 Å². The molecule has 18 rings (SSSR count). The molecule has 8 aromatic heterocycles. The molecule has 0 amide bonds. The number of hydrogen-bond acceptors (Lipinski definition) is 13. The first-order chi connectivity index (χ1) is 43.7. The minimum atomic E-state index is 0. The van der Waals surface area contributed by atoms with Crippen LogP contribution in [0.5, 0.6) is 0 Å². The molecule has 486 valence electrons. The molecule has 16 heteroatoms.